The van der Waals surface area contributed by atoms with E-state index in [4.69, 9.17) is 10.00 Å². The highest BCUT2D eigenvalue weighted by atomic mass is 79.9. The standard InChI is InChI=1S/C11H11BrFNO/c1-11(2,6-14)9-7(13)4-5-8(15-3)10(9)12/h4-5H,1-3H3. The summed E-state index contributed by atoms with van der Waals surface area (Å²) in [6.45, 7) is 3.32. The van der Waals surface area contributed by atoms with Crippen molar-refractivity contribution in [3.05, 3.63) is 28.0 Å². The van der Waals surface area contributed by atoms with Crippen molar-refractivity contribution in [2.24, 2.45) is 0 Å². The minimum absolute atomic E-state index is 0.323. The van der Waals surface area contributed by atoms with Crippen LogP contribution in [0, 0.1) is 17.1 Å². The predicted octanol–water partition coefficient (Wildman–Crippen LogP) is 3.40. The Morgan fingerprint density at radius 3 is 2.53 bits per heavy atom. The van der Waals surface area contributed by atoms with Gasteiger partial charge in [-0.3, -0.25) is 0 Å². The van der Waals surface area contributed by atoms with Crippen LogP contribution >= 0.6 is 15.9 Å². The molecule has 80 valence electrons. The quantitative estimate of drug-likeness (QED) is 0.826. The Labute approximate surface area is 96.8 Å². The van der Waals surface area contributed by atoms with E-state index < -0.39 is 11.2 Å². The van der Waals surface area contributed by atoms with E-state index >= 15 is 0 Å². The number of ether oxygens (including phenoxy) is 1. The number of hydrogen-bond acceptors (Lipinski definition) is 2. The molecule has 0 atom stereocenters. The molecule has 1 aromatic rings. The third kappa shape index (κ3) is 2.13. The van der Waals surface area contributed by atoms with Crippen LogP contribution in [0.4, 0.5) is 4.39 Å². The number of methoxy groups -OCH3 is 1. The van der Waals surface area contributed by atoms with E-state index in [2.05, 4.69) is 22.0 Å². The SMILES string of the molecule is COc1ccc(F)c(C(C)(C)C#N)c1Br. The fraction of sp³-hybridized carbons (Fsp3) is 0.364. The van der Waals surface area contributed by atoms with E-state index in [-0.39, 0.29) is 0 Å². The summed E-state index contributed by atoms with van der Waals surface area (Å²) in [5.41, 5.74) is -0.568. The number of benzene rings is 1. The van der Waals surface area contributed by atoms with E-state index in [1.165, 1.54) is 19.2 Å². The highest BCUT2D eigenvalue weighted by Crippen LogP contribution is 2.37. The second kappa shape index (κ2) is 4.19. The minimum Gasteiger partial charge on any atom is -0.496 e. The molecule has 0 spiro atoms. The summed E-state index contributed by atoms with van der Waals surface area (Å²) in [4.78, 5) is 0. The second-order valence-corrected chi connectivity index (χ2v) is 4.47. The average molecular weight is 272 g/mol. The number of nitrogens with zero attached hydrogens (tertiary/aromatic N) is 1. The molecule has 0 aromatic heterocycles. The topological polar surface area (TPSA) is 33.0 Å². The Morgan fingerprint density at radius 2 is 2.07 bits per heavy atom. The molecule has 1 rings (SSSR count). The Balaban J connectivity index is 3.48. The van der Waals surface area contributed by atoms with Gasteiger partial charge in [0.2, 0.25) is 0 Å². The molecule has 0 N–H and O–H groups in total. The van der Waals surface area contributed by atoms with Gasteiger partial charge >= 0.3 is 0 Å². The van der Waals surface area contributed by atoms with Gasteiger partial charge in [0.05, 0.1) is 23.1 Å². The maximum Gasteiger partial charge on any atom is 0.133 e. The van der Waals surface area contributed by atoms with Crippen molar-refractivity contribution in [2.75, 3.05) is 7.11 Å². The molecule has 0 amide bonds. The van der Waals surface area contributed by atoms with Crippen LogP contribution in [0.25, 0.3) is 0 Å². The lowest BCUT2D eigenvalue weighted by atomic mass is 9.86. The fourth-order valence-corrected chi connectivity index (χ4v) is 2.30. The summed E-state index contributed by atoms with van der Waals surface area (Å²) >= 11 is 3.25. The first-order chi connectivity index (χ1) is 6.94. The first-order valence-electron chi connectivity index (χ1n) is 4.37. The molecule has 0 saturated heterocycles. The zero-order valence-electron chi connectivity index (χ0n) is 8.77. The molecule has 0 aliphatic carbocycles. The van der Waals surface area contributed by atoms with Gasteiger partial charge in [-0.05, 0) is 41.9 Å². The Kier molecular flexibility index (Phi) is 3.35. The van der Waals surface area contributed by atoms with Gasteiger partial charge < -0.3 is 4.74 Å². The molecule has 2 nitrogen and oxygen atoms in total. The lowest BCUT2D eigenvalue weighted by molar-refractivity contribution is 0.408. The Hall–Kier alpha value is -1.08. The van der Waals surface area contributed by atoms with Gasteiger partial charge in [0, 0.05) is 5.56 Å². The van der Waals surface area contributed by atoms with Gasteiger partial charge in [-0.15, -0.1) is 0 Å². The lowest BCUT2D eigenvalue weighted by Gasteiger charge is -2.19. The molecule has 0 unspecified atom stereocenters. The highest BCUT2D eigenvalue weighted by Gasteiger charge is 2.28. The summed E-state index contributed by atoms with van der Waals surface area (Å²) in [5, 5.41) is 8.98. The lowest BCUT2D eigenvalue weighted by Crippen LogP contribution is -2.17. The summed E-state index contributed by atoms with van der Waals surface area (Å²) in [6, 6.07) is 4.89. The van der Waals surface area contributed by atoms with Crippen molar-refractivity contribution in [3.8, 4) is 11.8 Å². The first-order valence-corrected chi connectivity index (χ1v) is 5.17. The van der Waals surface area contributed by atoms with Gasteiger partial charge in [0.15, 0.2) is 0 Å². The van der Waals surface area contributed by atoms with Crippen molar-refractivity contribution in [2.45, 2.75) is 19.3 Å². The van der Waals surface area contributed by atoms with Crippen LogP contribution in [0.15, 0.2) is 16.6 Å². The molecule has 0 fully saturated rings. The van der Waals surface area contributed by atoms with Crippen LogP contribution in [-0.2, 0) is 5.41 Å². The minimum atomic E-state index is -0.891. The van der Waals surface area contributed by atoms with Gasteiger partial charge in [-0.1, -0.05) is 0 Å². The van der Waals surface area contributed by atoms with Crippen LogP contribution in [0.2, 0.25) is 0 Å². The molecule has 1 aromatic carbocycles. The van der Waals surface area contributed by atoms with Crippen LogP contribution in [0.1, 0.15) is 19.4 Å². The molecule has 15 heavy (non-hydrogen) atoms. The first kappa shape index (κ1) is 12.0. The van der Waals surface area contributed by atoms with E-state index in [9.17, 15) is 4.39 Å². The van der Waals surface area contributed by atoms with Crippen molar-refractivity contribution in [1.29, 1.82) is 5.26 Å². The summed E-state index contributed by atoms with van der Waals surface area (Å²) in [7, 11) is 1.50. The summed E-state index contributed by atoms with van der Waals surface area (Å²) < 4.78 is 19.2. The molecular formula is C11H11BrFNO. The number of hydrogen-bond donors (Lipinski definition) is 0. The van der Waals surface area contributed by atoms with Gasteiger partial charge in [-0.2, -0.15) is 5.26 Å². The Morgan fingerprint density at radius 1 is 1.47 bits per heavy atom. The second-order valence-electron chi connectivity index (χ2n) is 3.68. The number of halogens is 2. The summed E-state index contributed by atoms with van der Waals surface area (Å²) in [6.07, 6.45) is 0. The van der Waals surface area contributed by atoms with Crippen molar-refractivity contribution < 1.29 is 9.13 Å². The molecule has 4 heteroatoms. The highest BCUT2D eigenvalue weighted by molar-refractivity contribution is 9.10. The van der Waals surface area contributed by atoms with E-state index in [1.54, 1.807) is 13.8 Å². The zero-order chi connectivity index (χ0) is 11.6. The van der Waals surface area contributed by atoms with Crippen molar-refractivity contribution in [3.63, 3.8) is 0 Å². The van der Waals surface area contributed by atoms with Gasteiger partial charge in [0.25, 0.3) is 0 Å². The van der Waals surface area contributed by atoms with Crippen molar-refractivity contribution >= 4 is 15.9 Å². The molecule has 0 heterocycles. The molecule has 0 aliphatic rings. The summed E-state index contributed by atoms with van der Waals surface area (Å²) in [5.74, 6) is 0.115. The number of rotatable bonds is 2. The third-order valence-electron chi connectivity index (χ3n) is 2.18. The zero-order valence-corrected chi connectivity index (χ0v) is 10.4. The third-order valence-corrected chi connectivity index (χ3v) is 2.97. The predicted molar refractivity (Wildman–Crippen MR) is 59.3 cm³/mol. The number of nitriles is 1. The molecular weight excluding hydrogens is 261 g/mol. The molecule has 0 aliphatic heterocycles. The van der Waals surface area contributed by atoms with Crippen LogP contribution in [0.5, 0.6) is 5.75 Å². The van der Waals surface area contributed by atoms with E-state index in [0.717, 1.165) is 0 Å². The normalized spacial score (nSPS) is 10.9. The smallest absolute Gasteiger partial charge is 0.133 e. The van der Waals surface area contributed by atoms with Crippen LogP contribution in [-0.4, -0.2) is 7.11 Å². The monoisotopic (exact) mass is 271 g/mol. The maximum atomic E-state index is 13.6. The largest absolute Gasteiger partial charge is 0.496 e. The fourth-order valence-electron chi connectivity index (χ4n) is 1.32. The average Bonchev–Trinajstić information content (AvgIpc) is 2.18. The maximum absolute atomic E-state index is 13.6. The van der Waals surface area contributed by atoms with Gasteiger partial charge in [0.1, 0.15) is 11.6 Å². The van der Waals surface area contributed by atoms with E-state index in [0.29, 0.717) is 15.8 Å². The molecule has 0 bridgehead atoms. The molecule has 0 radical (unpaired) electrons. The van der Waals surface area contributed by atoms with Gasteiger partial charge in [-0.25, -0.2) is 4.39 Å². The van der Waals surface area contributed by atoms with E-state index in [1.807, 2.05) is 0 Å². The molecule has 0 saturated carbocycles. The Bertz CT molecular complexity index is 423. The van der Waals surface area contributed by atoms with Crippen molar-refractivity contribution in [1.82, 2.24) is 0 Å². The van der Waals surface area contributed by atoms with Crippen LogP contribution in [0.3, 0.4) is 0 Å². The van der Waals surface area contributed by atoms with Crippen LogP contribution < -0.4 is 4.74 Å².